The average molecular weight is 277 g/mol. The van der Waals surface area contributed by atoms with Gasteiger partial charge in [-0.15, -0.1) is 0 Å². The van der Waals surface area contributed by atoms with Crippen LogP contribution >= 0.6 is 15.9 Å². The third-order valence-electron chi connectivity index (χ3n) is 2.27. The third kappa shape index (κ3) is 2.61. The maximum Gasteiger partial charge on any atom is 0.0593 e. The summed E-state index contributed by atoms with van der Waals surface area (Å²) in [6.45, 7) is 4.19. The van der Waals surface area contributed by atoms with Gasteiger partial charge in [0.15, 0.2) is 0 Å². The Labute approximate surface area is 104 Å². The summed E-state index contributed by atoms with van der Waals surface area (Å²) in [5.41, 5.74) is 4.64. The van der Waals surface area contributed by atoms with Crippen LogP contribution in [0.1, 0.15) is 11.1 Å². The first-order chi connectivity index (χ1) is 7.65. The highest BCUT2D eigenvalue weighted by Crippen LogP contribution is 2.25. The highest BCUT2D eigenvalue weighted by molar-refractivity contribution is 9.10. The second kappa shape index (κ2) is 4.66. The van der Waals surface area contributed by atoms with Gasteiger partial charge in [-0.3, -0.25) is 4.98 Å². The van der Waals surface area contributed by atoms with Crippen LogP contribution in [0.2, 0.25) is 0 Å². The van der Waals surface area contributed by atoms with E-state index in [0.717, 1.165) is 15.8 Å². The number of hydrogen-bond acceptors (Lipinski definition) is 2. The van der Waals surface area contributed by atoms with Crippen molar-refractivity contribution in [2.75, 3.05) is 5.32 Å². The Morgan fingerprint density at radius 3 is 2.44 bits per heavy atom. The lowest BCUT2D eigenvalue weighted by atomic mass is 10.1. The predicted molar refractivity (Wildman–Crippen MR) is 71.1 cm³/mol. The number of aromatic nitrogens is 1. The lowest BCUT2D eigenvalue weighted by Crippen LogP contribution is -1.93. The normalized spacial score (nSPS) is 10.2. The van der Waals surface area contributed by atoms with Crippen LogP contribution in [0.15, 0.2) is 41.1 Å². The number of pyridine rings is 1. The van der Waals surface area contributed by atoms with E-state index in [1.807, 2.05) is 6.07 Å². The number of benzene rings is 1. The van der Waals surface area contributed by atoms with Crippen molar-refractivity contribution in [1.29, 1.82) is 0 Å². The summed E-state index contributed by atoms with van der Waals surface area (Å²) in [7, 11) is 0. The van der Waals surface area contributed by atoms with Crippen molar-refractivity contribution in [3.63, 3.8) is 0 Å². The Kier molecular flexibility index (Phi) is 3.25. The van der Waals surface area contributed by atoms with Crippen molar-refractivity contribution < 1.29 is 0 Å². The van der Waals surface area contributed by atoms with Crippen molar-refractivity contribution in [3.05, 3.63) is 52.3 Å². The van der Waals surface area contributed by atoms with E-state index in [9.17, 15) is 0 Å². The van der Waals surface area contributed by atoms with Crippen LogP contribution in [0.4, 0.5) is 11.4 Å². The summed E-state index contributed by atoms with van der Waals surface area (Å²) in [6.07, 6.45) is 3.56. The van der Waals surface area contributed by atoms with E-state index in [-0.39, 0.29) is 0 Å². The first-order valence-corrected chi connectivity index (χ1v) is 5.89. The predicted octanol–water partition coefficient (Wildman–Crippen LogP) is 4.20. The second-order valence-corrected chi connectivity index (χ2v) is 4.71. The fourth-order valence-corrected chi connectivity index (χ4v) is 2.03. The monoisotopic (exact) mass is 276 g/mol. The van der Waals surface area contributed by atoms with Gasteiger partial charge >= 0.3 is 0 Å². The number of hydrogen-bond donors (Lipinski definition) is 1. The van der Waals surface area contributed by atoms with Gasteiger partial charge in [0.2, 0.25) is 0 Å². The molecule has 2 aromatic rings. The smallest absolute Gasteiger partial charge is 0.0593 e. The zero-order chi connectivity index (χ0) is 11.5. The maximum absolute atomic E-state index is 4.03. The van der Waals surface area contributed by atoms with Gasteiger partial charge in [0.05, 0.1) is 10.2 Å². The zero-order valence-electron chi connectivity index (χ0n) is 9.29. The molecule has 3 heteroatoms. The molecule has 0 amide bonds. The van der Waals surface area contributed by atoms with Gasteiger partial charge in [-0.25, -0.2) is 0 Å². The van der Waals surface area contributed by atoms with Crippen LogP contribution in [-0.2, 0) is 0 Å². The van der Waals surface area contributed by atoms with E-state index in [0.29, 0.717) is 0 Å². The summed E-state index contributed by atoms with van der Waals surface area (Å²) in [5.74, 6) is 0. The molecule has 0 atom stereocenters. The Morgan fingerprint density at radius 1 is 1.12 bits per heavy atom. The van der Waals surface area contributed by atoms with Gasteiger partial charge < -0.3 is 5.32 Å². The molecular weight excluding hydrogens is 264 g/mol. The molecule has 0 saturated carbocycles. The lowest BCUT2D eigenvalue weighted by Gasteiger charge is -2.09. The molecule has 0 unspecified atom stereocenters. The van der Waals surface area contributed by atoms with Crippen molar-refractivity contribution >= 4 is 27.3 Å². The molecule has 0 aliphatic heterocycles. The van der Waals surface area contributed by atoms with Crippen molar-refractivity contribution in [2.24, 2.45) is 0 Å². The van der Waals surface area contributed by atoms with E-state index in [2.05, 4.69) is 58.3 Å². The molecule has 0 bridgehead atoms. The minimum absolute atomic E-state index is 0.967. The molecule has 1 aromatic heterocycles. The molecule has 0 aliphatic rings. The van der Waals surface area contributed by atoms with Gasteiger partial charge in [0, 0.05) is 18.1 Å². The summed E-state index contributed by atoms with van der Waals surface area (Å²) >= 11 is 3.47. The highest BCUT2D eigenvalue weighted by Gasteiger charge is 2.00. The van der Waals surface area contributed by atoms with Gasteiger partial charge in [0.1, 0.15) is 0 Å². The second-order valence-electron chi connectivity index (χ2n) is 3.86. The molecular formula is C13H13BrN2. The maximum atomic E-state index is 4.03. The van der Waals surface area contributed by atoms with Crippen LogP contribution in [-0.4, -0.2) is 4.98 Å². The lowest BCUT2D eigenvalue weighted by molar-refractivity contribution is 1.30. The third-order valence-corrected chi connectivity index (χ3v) is 2.91. The summed E-state index contributed by atoms with van der Waals surface area (Å²) in [6, 6.07) is 8.36. The van der Waals surface area contributed by atoms with Crippen LogP contribution in [0.25, 0.3) is 0 Å². The van der Waals surface area contributed by atoms with Crippen LogP contribution < -0.4 is 5.32 Å². The Morgan fingerprint density at radius 2 is 1.81 bits per heavy atom. The number of nitrogens with one attached hydrogen (secondary N) is 1. The minimum Gasteiger partial charge on any atom is -0.354 e. The van der Waals surface area contributed by atoms with E-state index < -0.39 is 0 Å². The van der Waals surface area contributed by atoms with Gasteiger partial charge in [-0.2, -0.15) is 0 Å². The molecule has 1 aromatic carbocycles. The van der Waals surface area contributed by atoms with Crippen molar-refractivity contribution in [1.82, 2.24) is 4.98 Å². The Balaban J connectivity index is 2.30. The van der Waals surface area contributed by atoms with Crippen LogP contribution in [0.5, 0.6) is 0 Å². The molecule has 1 heterocycles. The van der Waals surface area contributed by atoms with E-state index >= 15 is 0 Å². The molecule has 82 valence electrons. The molecule has 2 nitrogen and oxygen atoms in total. The molecule has 0 saturated heterocycles. The Bertz CT molecular complexity index is 489. The van der Waals surface area contributed by atoms with E-state index in [4.69, 9.17) is 0 Å². The van der Waals surface area contributed by atoms with Gasteiger partial charge in [-0.05, 0) is 59.1 Å². The summed E-state index contributed by atoms with van der Waals surface area (Å²) in [5, 5.41) is 3.37. The zero-order valence-corrected chi connectivity index (χ0v) is 10.9. The number of halogens is 1. The highest BCUT2D eigenvalue weighted by atomic mass is 79.9. The fraction of sp³-hybridized carbons (Fsp3) is 0.154. The minimum atomic E-state index is 0.967. The fourth-order valence-electron chi connectivity index (χ4n) is 1.68. The van der Waals surface area contributed by atoms with E-state index in [1.54, 1.807) is 12.4 Å². The first kappa shape index (κ1) is 11.1. The van der Waals surface area contributed by atoms with Crippen LogP contribution in [0.3, 0.4) is 0 Å². The van der Waals surface area contributed by atoms with Gasteiger partial charge in [-0.1, -0.05) is 6.07 Å². The molecule has 0 spiro atoms. The molecule has 1 N–H and O–H groups in total. The van der Waals surface area contributed by atoms with Crippen LogP contribution in [0, 0.1) is 13.8 Å². The number of nitrogens with zero attached hydrogens (tertiary/aromatic N) is 1. The SMILES string of the molecule is Cc1cc(C)cc(Nc2ccncc2Br)c1. The van der Waals surface area contributed by atoms with Gasteiger partial charge in [0.25, 0.3) is 0 Å². The number of rotatable bonds is 2. The largest absolute Gasteiger partial charge is 0.354 e. The average Bonchev–Trinajstić information content (AvgIpc) is 2.20. The summed E-state index contributed by atoms with van der Waals surface area (Å²) in [4.78, 5) is 4.03. The molecule has 0 fully saturated rings. The van der Waals surface area contributed by atoms with E-state index in [1.165, 1.54) is 11.1 Å². The summed E-state index contributed by atoms with van der Waals surface area (Å²) < 4.78 is 0.967. The molecule has 2 rings (SSSR count). The first-order valence-electron chi connectivity index (χ1n) is 5.10. The van der Waals surface area contributed by atoms with Crippen molar-refractivity contribution in [2.45, 2.75) is 13.8 Å². The number of aryl methyl sites for hydroxylation is 2. The molecule has 16 heavy (non-hydrogen) atoms. The van der Waals surface area contributed by atoms with Crippen molar-refractivity contribution in [3.8, 4) is 0 Å². The number of anilines is 2. The quantitative estimate of drug-likeness (QED) is 0.889. The Hall–Kier alpha value is -1.35. The topological polar surface area (TPSA) is 24.9 Å². The molecule has 0 aliphatic carbocycles. The standard InChI is InChI=1S/C13H13BrN2/c1-9-5-10(2)7-11(6-9)16-13-3-4-15-8-12(13)14/h3-8H,1-2H3,(H,15,16). The molecule has 0 radical (unpaired) electrons.